The summed E-state index contributed by atoms with van der Waals surface area (Å²) in [5.74, 6) is 0.196. The van der Waals surface area contributed by atoms with E-state index in [4.69, 9.17) is 0 Å². The largest absolute Gasteiger partial charge is 0.333 e. The molecule has 0 saturated heterocycles. The third-order valence-electron chi connectivity index (χ3n) is 2.51. The lowest BCUT2D eigenvalue weighted by Gasteiger charge is -2.09. The topological polar surface area (TPSA) is 81.0 Å². The maximum absolute atomic E-state index is 11.0. The van der Waals surface area contributed by atoms with Gasteiger partial charge in [0, 0.05) is 22.4 Å². The lowest BCUT2D eigenvalue weighted by Crippen LogP contribution is -2.02. The highest BCUT2D eigenvalue weighted by Crippen LogP contribution is 2.28. The second-order valence-electron chi connectivity index (χ2n) is 3.99. The molecule has 2 aromatic heterocycles. The van der Waals surface area contributed by atoms with E-state index in [1.54, 1.807) is 0 Å². The molecule has 0 unspecified atom stereocenters. The summed E-state index contributed by atoms with van der Waals surface area (Å²) in [7, 11) is 0. The molecule has 2 heterocycles. The number of nitrogens with zero attached hydrogens (tertiary/aromatic N) is 3. The number of nitro groups is 1. The standard InChI is InChI=1S/C12H11BrN4O2/c1-7-3-4-10(8(2)15-7)16-12-11(17(18)19)5-9(13)6-14-12/h3-6H,1-2H3,(H,14,16). The fraction of sp³-hybridized carbons (Fsp3) is 0.167. The minimum atomic E-state index is -0.475. The van der Waals surface area contributed by atoms with Crippen molar-refractivity contribution in [2.75, 3.05) is 5.32 Å². The van der Waals surface area contributed by atoms with E-state index in [0.29, 0.717) is 10.2 Å². The summed E-state index contributed by atoms with van der Waals surface area (Å²) in [6, 6.07) is 5.07. The van der Waals surface area contributed by atoms with Crippen LogP contribution in [0.2, 0.25) is 0 Å². The Morgan fingerprint density at radius 2 is 2.11 bits per heavy atom. The van der Waals surface area contributed by atoms with Crippen molar-refractivity contribution in [1.82, 2.24) is 9.97 Å². The Labute approximate surface area is 118 Å². The summed E-state index contributed by atoms with van der Waals surface area (Å²) in [6.45, 7) is 3.72. The molecule has 6 nitrogen and oxygen atoms in total. The van der Waals surface area contributed by atoms with Crippen LogP contribution in [0.1, 0.15) is 11.4 Å². The lowest BCUT2D eigenvalue weighted by molar-refractivity contribution is -0.384. The van der Waals surface area contributed by atoms with Crippen molar-refractivity contribution in [1.29, 1.82) is 0 Å². The van der Waals surface area contributed by atoms with Gasteiger partial charge in [-0.2, -0.15) is 0 Å². The summed E-state index contributed by atoms with van der Waals surface area (Å²) in [5.41, 5.74) is 2.26. The quantitative estimate of drug-likeness (QED) is 0.690. The smallest absolute Gasteiger partial charge is 0.312 e. The third-order valence-corrected chi connectivity index (χ3v) is 2.94. The number of rotatable bonds is 3. The Hall–Kier alpha value is -2.02. The van der Waals surface area contributed by atoms with Crippen LogP contribution in [0.5, 0.6) is 0 Å². The summed E-state index contributed by atoms with van der Waals surface area (Å²) in [5, 5.41) is 13.9. The van der Waals surface area contributed by atoms with Gasteiger partial charge in [-0.15, -0.1) is 0 Å². The number of aromatic nitrogens is 2. The van der Waals surface area contributed by atoms with Gasteiger partial charge < -0.3 is 5.32 Å². The Morgan fingerprint density at radius 3 is 2.74 bits per heavy atom. The van der Waals surface area contributed by atoms with Crippen molar-refractivity contribution < 1.29 is 4.92 Å². The van der Waals surface area contributed by atoms with Gasteiger partial charge >= 0.3 is 5.69 Å². The second-order valence-corrected chi connectivity index (χ2v) is 4.90. The van der Waals surface area contributed by atoms with Crippen molar-refractivity contribution in [2.24, 2.45) is 0 Å². The number of hydrogen-bond donors (Lipinski definition) is 1. The van der Waals surface area contributed by atoms with Gasteiger partial charge in [0.2, 0.25) is 5.82 Å². The summed E-state index contributed by atoms with van der Waals surface area (Å²) >= 11 is 3.17. The average Bonchev–Trinajstić information content (AvgIpc) is 2.34. The molecule has 0 aliphatic rings. The average molecular weight is 323 g/mol. The summed E-state index contributed by atoms with van der Waals surface area (Å²) in [6.07, 6.45) is 1.51. The zero-order valence-corrected chi connectivity index (χ0v) is 11.9. The van der Waals surface area contributed by atoms with E-state index >= 15 is 0 Å². The number of aryl methyl sites for hydroxylation is 2. The van der Waals surface area contributed by atoms with Gasteiger partial charge in [-0.25, -0.2) is 4.98 Å². The van der Waals surface area contributed by atoms with E-state index in [9.17, 15) is 10.1 Å². The zero-order valence-electron chi connectivity index (χ0n) is 10.3. The number of halogens is 1. The SMILES string of the molecule is Cc1ccc(Nc2ncc(Br)cc2[N+](=O)[O-])c(C)n1. The Balaban J connectivity index is 2.40. The molecule has 0 atom stereocenters. The normalized spacial score (nSPS) is 10.3. The molecule has 0 saturated carbocycles. The molecule has 98 valence electrons. The number of nitrogens with one attached hydrogen (secondary N) is 1. The van der Waals surface area contributed by atoms with Gasteiger partial charge in [-0.05, 0) is 41.9 Å². The second kappa shape index (κ2) is 5.31. The van der Waals surface area contributed by atoms with Crippen molar-refractivity contribution >= 4 is 33.1 Å². The van der Waals surface area contributed by atoms with E-state index in [2.05, 4.69) is 31.2 Å². The number of pyridine rings is 2. The monoisotopic (exact) mass is 322 g/mol. The number of anilines is 2. The van der Waals surface area contributed by atoms with Crippen LogP contribution >= 0.6 is 15.9 Å². The fourth-order valence-corrected chi connectivity index (χ4v) is 1.93. The first-order valence-electron chi connectivity index (χ1n) is 5.48. The molecular formula is C12H11BrN4O2. The predicted octanol–water partition coefficient (Wildman–Crippen LogP) is 3.51. The molecule has 0 radical (unpaired) electrons. The van der Waals surface area contributed by atoms with Crippen molar-refractivity contribution in [2.45, 2.75) is 13.8 Å². The molecule has 19 heavy (non-hydrogen) atoms. The van der Waals surface area contributed by atoms with Crippen LogP contribution in [0.4, 0.5) is 17.2 Å². The van der Waals surface area contributed by atoms with E-state index < -0.39 is 4.92 Å². The van der Waals surface area contributed by atoms with Gasteiger partial charge in [0.25, 0.3) is 0 Å². The maximum atomic E-state index is 11.0. The van der Waals surface area contributed by atoms with Gasteiger partial charge in [0.15, 0.2) is 0 Å². The summed E-state index contributed by atoms with van der Waals surface area (Å²) < 4.78 is 0.559. The Bertz CT molecular complexity index is 646. The first kappa shape index (κ1) is 13.4. The molecule has 7 heteroatoms. The van der Waals surface area contributed by atoms with Crippen LogP contribution in [-0.2, 0) is 0 Å². The Kier molecular flexibility index (Phi) is 3.75. The molecule has 0 aliphatic carbocycles. The van der Waals surface area contributed by atoms with Gasteiger partial charge in [0.05, 0.1) is 16.3 Å². The first-order valence-corrected chi connectivity index (χ1v) is 6.28. The van der Waals surface area contributed by atoms with E-state index in [0.717, 1.165) is 11.4 Å². The molecule has 0 aliphatic heterocycles. The van der Waals surface area contributed by atoms with E-state index in [1.165, 1.54) is 12.3 Å². The molecule has 1 N–H and O–H groups in total. The molecule has 0 bridgehead atoms. The third kappa shape index (κ3) is 3.05. The van der Waals surface area contributed by atoms with E-state index in [1.807, 2.05) is 26.0 Å². The lowest BCUT2D eigenvalue weighted by atomic mass is 10.2. The van der Waals surface area contributed by atoms with Crippen molar-refractivity contribution in [3.8, 4) is 0 Å². The molecular weight excluding hydrogens is 312 g/mol. The van der Waals surface area contributed by atoms with Crippen LogP contribution in [0.3, 0.4) is 0 Å². The van der Waals surface area contributed by atoms with Gasteiger partial charge in [-0.1, -0.05) is 0 Å². The molecule has 2 rings (SSSR count). The van der Waals surface area contributed by atoms with Crippen LogP contribution in [0.25, 0.3) is 0 Å². The highest BCUT2D eigenvalue weighted by Gasteiger charge is 2.16. The van der Waals surface area contributed by atoms with Crippen LogP contribution in [0, 0.1) is 24.0 Å². The van der Waals surface area contributed by atoms with Gasteiger partial charge in [-0.3, -0.25) is 15.1 Å². The van der Waals surface area contributed by atoms with Crippen molar-refractivity contribution in [3.05, 3.63) is 50.4 Å². The maximum Gasteiger partial charge on any atom is 0.312 e. The van der Waals surface area contributed by atoms with Crippen LogP contribution in [0.15, 0.2) is 28.9 Å². The summed E-state index contributed by atoms with van der Waals surface area (Å²) in [4.78, 5) is 18.8. The molecule has 2 aromatic rings. The zero-order chi connectivity index (χ0) is 14.0. The predicted molar refractivity (Wildman–Crippen MR) is 75.6 cm³/mol. The minimum Gasteiger partial charge on any atom is -0.333 e. The van der Waals surface area contributed by atoms with E-state index in [-0.39, 0.29) is 11.5 Å². The Morgan fingerprint density at radius 1 is 1.37 bits per heavy atom. The highest BCUT2D eigenvalue weighted by atomic mass is 79.9. The molecule has 0 aromatic carbocycles. The fourth-order valence-electron chi connectivity index (χ4n) is 1.61. The van der Waals surface area contributed by atoms with Crippen LogP contribution < -0.4 is 5.32 Å². The highest BCUT2D eigenvalue weighted by molar-refractivity contribution is 9.10. The molecule has 0 amide bonds. The molecule has 0 fully saturated rings. The van der Waals surface area contributed by atoms with Crippen molar-refractivity contribution in [3.63, 3.8) is 0 Å². The molecule has 0 spiro atoms. The van der Waals surface area contributed by atoms with Gasteiger partial charge in [0.1, 0.15) is 0 Å². The number of hydrogen-bond acceptors (Lipinski definition) is 5. The first-order chi connectivity index (χ1) is 8.97. The van der Waals surface area contributed by atoms with Crippen LogP contribution in [-0.4, -0.2) is 14.9 Å². The minimum absolute atomic E-state index is 0.0886.